The van der Waals surface area contributed by atoms with E-state index in [1.165, 1.54) is 35.0 Å². The lowest BCUT2D eigenvalue weighted by Crippen LogP contribution is -2.18. The molecule has 1 amide bonds. The Balaban J connectivity index is 1.69. The van der Waals surface area contributed by atoms with Crippen LogP contribution in [0, 0.1) is 9.77 Å². The third-order valence-corrected chi connectivity index (χ3v) is 6.09. The maximum Gasteiger partial charge on any atom is 0.418 e. The number of anilines is 1. The van der Waals surface area contributed by atoms with Crippen LogP contribution in [0.3, 0.4) is 0 Å². The van der Waals surface area contributed by atoms with Crippen LogP contribution in [0.2, 0.25) is 5.02 Å². The molecule has 0 bridgehead atoms. The van der Waals surface area contributed by atoms with Gasteiger partial charge in [0.05, 0.1) is 22.7 Å². The number of carbonyl (C=O) groups excluding carboxylic acids is 1. The summed E-state index contributed by atoms with van der Waals surface area (Å²) in [6.07, 6.45) is -4.66. The highest BCUT2D eigenvalue weighted by molar-refractivity contribution is 8.01. The van der Waals surface area contributed by atoms with E-state index in [-0.39, 0.29) is 16.5 Å². The van der Waals surface area contributed by atoms with E-state index in [0.717, 1.165) is 35.2 Å². The number of rotatable bonds is 5. The molecule has 2 aromatic carbocycles. The SMILES string of the molecule is O=C(CSc1nn(-c2ccc(F)cc2)c(=S)s1)Nc1ccc(Cl)cc1C(F)(F)F. The summed E-state index contributed by atoms with van der Waals surface area (Å²) in [7, 11) is 0. The van der Waals surface area contributed by atoms with Crippen molar-refractivity contribution in [3.05, 3.63) is 62.8 Å². The summed E-state index contributed by atoms with van der Waals surface area (Å²) in [5, 5.41) is 6.40. The van der Waals surface area contributed by atoms with Crippen LogP contribution in [0.4, 0.5) is 23.2 Å². The number of halogens is 5. The average Bonchev–Trinajstić information content (AvgIpc) is 3.02. The fourth-order valence-corrected chi connectivity index (χ4v) is 4.57. The molecule has 0 saturated heterocycles. The lowest BCUT2D eigenvalue weighted by molar-refractivity contribution is -0.137. The Labute approximate surface area is 180 Å². The highest BCUT2D eigenvalue weighted by atomic mass is 35.5. The number of aromatic nitrogens is 2. The quantitative estimate of drug-likeness (QED) is 0.269. The molecular weight excluding hydrogens is 470 g/mol. The van der Waals surface area contributed by atoms with Crippen molar-refractivity contribution in [3.8, 4) is 5.69 Å². The second-order valence-electron chi connectivity index (χ2n) is 5.55. The predicted molar refractivity (Wildman–Crippen MR) is 108 cm³/mol. The van der Waals surface area contributed by atoms with E-state index in [2.05, 4.69) is 10.4 Å². The summed E-state index contributed by atoms with van der Waals surface area (Å²) >= 11 is 13.0. The first-order valence-electron chi connectivity index (χ1n) is 7.79. The fraction of sp³-hybridized carbons (Fsp3) is 0.118. The predicted octanol–water partition coefficient (Wildman–Crippen LogP) is 6.21. The van der Waals surface area contributed by atoms with E-state index in [4.69, 9.17) is 23.8 Å². The van der Waals surface area contributed by atoms with Crippen LogP contribution in [0.1, 0.15) is 5.56 Å². The third kappa shape index (κ3) is 5.56. The molecule has 3 rings (SSSR count). The second-order valence-corrected chi connectivity index (χ2v) is 8.83. The van der Waals surface area contributed by atoms with Crippen molar-refractivity contribution in [2.45, 2.75) is 10.5 Å². The molecule has 12 heteroatoms. The van der Waals surface area contributed by atoms with Gasteiger partial charge in [-0.15, -0.1) is 5.10 Å². The minimum Gasteiger partial charge on any atom is -0.325 e. The second kappa shape index (κ2) is 8.82. The minimum absolute atomic E-state index is 0.0872. The summed E-state index contributed by atoms with van der Waals surface area (Å²) in [6.45, 7) is 0. The highest BCUT2D eigenvalue weighted by Crippen LogP contribution is 2.36. The molecule has 0 radical (unpaired) electrons. The third-order valence-electron chi connectivity index (χ3n) is 3.49. The number of alkyl halides is 3. The van der Waals surface area contributed by atoms with Crippen LogP contribution in [0.5, 0.6) is 0 Å². The van der Waals surface area contributed by atoms with E-state index >= 15 is 0 Å². The molecule has 4 nitrogen and oxygen atoms in total. The molecule has 0 spiro atoms. The van der Waals surface area contributed by atoms with Gasteiger partial charge in [0.25, 0.3) is 0 Å². The van der Waals surface area contributed by atoms with E-state index in [1.807, 2.05) is 0 Å². The zero-order valence-electron chi connectivity index (χ0n) is 14.2. The summed E-state index contributed by atoms with van der Waals surface area (Å²) in [5.74, 6) is -1.22. The van der Waals surface area contributed by atoms with Crippen molar-refractivity contribution in [1.82, 2.24) is 9.78 Å². The van der Waals surface area contributed by atoms with Gasteiger partial charge in [0, 0.05) is 5.02 Å². The Hall–Kier alpha value is -1.95. The van der Waals surface area contributed by atoms with Gasteiger partial charge in [-0.05, 0) is 54.7 Å². The van der Waals surface area contributed by atoms with Gasteiger partial charge < -0.3 is 5.32 Å². The van der Waals surface area contributed by atoms with E-state index in [0.29, 0.717) is 14.0 Å². The van der Waals surface area contributed by atoms with Crippen LogP contribution in [-0.2, 0) is 11.0 Å². The maximum atomic E-state index is 13.1. The molecule has 1 N–H and O–H groups in total. The number of hydrogen-bond acceptors (Lipinski definition) is 5. The molecule has 1 heterocycles. The first-order chi connectivity index (χ1) is 13.6. The van der Waals surface area contributed by atoms with Crippen molar-refractivity contribution in [2.24, 2.45) is 0 Å². The largest absolute Gasteiger partial charge is 0.418 e. The molecule has 29 heavy (non-hydrogen) atoms. The van der Waals surface area contributed by atoms with Gasteiger partial charge in [-0.3, -0.25) is 4.79 Å². The number of nitrogens with zero attached hydrogens (tertiary/aromatic N) is 2. The fourth-order valence-electron chi connectivity index (χ4n) is 2.24. The van der Waals surface area contributed by atoms with Gasteiger partial charge in [-0.2, -0.15) is 13.2 Å². The van der Waals surface area contributed by atoms with Crippen LogP contribution in [0.15, 0.2) is 46.8 Å². The summed E-state index contributed by atoms with van der Waals surface area (Å²) in [6, 6.07) is 8.65. The van der Waals surface area contributed by atoms with Crippen molar-refractivity contribution in [2.75, 3.05) is 11.1 Å². The molecule has 3 aromatic rings. The molecule has 0 saturated carbocycles. The Bertz CT molecular complexity index is 1100. The molecule has 0 aliphatic rings. The van der Waals surface area contributed by atoms with Gasteiger partial charge in [-0.1, -0.05) is 34.7 Å². The van der Waals surface area contributed by atoms with Crippen LogP contribution in [0.25, 0.3) is 5.69 Å². The molecule has 152 valence electrons. The first-order valence-corrected chi connectivity index (χ1v) is 10.4. The van der Waals surface area contributed by atoms with E-state index in [1.54, 1.807) is 0 Å². The average molecular weight is 480 g/mol. The lowest BCUT2D eigenvalue weighted by atomic mass is 10.1. The van der Waals surface area contributed by atoms with Gasteiger partial charge >= 0.3 is 6.18 Å². The lowest BCUT2D eigenvalue weighted by Gasteiger charge is -2.13. The normalized spacial score (nSPS) is 11.5. The number of nitrogens with one attached hydrogen (secondary N) is 1. The number of benzene rings is 2. The molecular formula is C17H10ClF4N3OS3. The van der Waals surface area contributed by atoms with Crippen LogP contribution in [-0.4, -0.2) is 21.4 Å². The molecule has 0 fully saturated rings. The molecule has 1 aromatic heterocycles. The molecule has 0 aliphatic carbocycles. The summed E-state index contributed by atoms with van der Waals surface area (Å²) in [4.78, 5) is 12.1. The van der Waals surface area contributed by atoms with Crippen LogP contribution >= 0.6 is 46.9 Å². The van der Waals surface area contributed by atoms with Crippen LogP contribution < -0.4 is 5.32 Å². The van der Waals surface area contributed by atoms with Crippen molar-refractivity contribution in [3.63, 3.8) is 0 Å². The minimum atomic E-state index is -4.66. The highest BCUT2D eigenvalue weighted by Gasteiger charge is 2.34. The Morgan fingerprint density at radius 2 is 1.93 bits per heavy atom. The van der Waals surface area contributed by atoms with Crippen molar-refractivity contribution >= 4 is 58.5 Å². The monoisotopic (exact) mass is 479 g/mol. The molecule has 0 atom stereocenters. The Morgan fingerprint density at radius 1 is 1.24 bits per heavy atom. The van der Waals surface area contributed by atoms with Crippen molar-refractivity contribution in [1.29, 1.82) is 0 Å². The van der Waals surface area contributed by atoms with Gasteiger partial charge in [0.1, 0.15) is 5.82 Å². The Morgan fingerprint density at radius 3 is 2.59 bits per heavy atom. The van der Waals surface area contributed by atoms with E-state index < -0.39 is 23.5 Å². The van der Waals surface area contributed by atoms with Gasteiger partial charge in [0.15, 0.2) is 8.29 Å². The number of thioether (sulfide) groups is 1. The first kappa shape index (κ1) is 21.8. The summed E-state index contributed by atoms with van der Waals surface area (Å²) < 4.78 is 54.6. The zero-order chi connectivity index (χ0) is 21.2. The number of amides is 1. The zero-order valence-corrected chi connectivity index (χ0v) is 17.4. The standard InChI is InChI=1S/C17H10ClF4N3OS3/c18-9-1-6-13(12(7-9)17(20,21)22)23-14(26)8-28-15-24-25(16(27)29-15)11-4-2-10(19)3-5-11/h1-7H,8H2,(H,23,26). The smallest absolute Gasteiger partial charge is 0.325 e. The Kier molecular flexibility index (Phi) is 6.62. The van der Waals surface area contributed by atoms with Crippen molar-refractivity contribution < 1.29 is 22.4 Å². The van der Waals surface area contributed by atoms with Gasteiger partial charge in [0.2, 0.25) is 5.91 Å². The summed E-state index contributed by atoms with van der Waals surface area (Å²) in [5.41, 5.74) is -0.850. The number of carbonyl (C=O) groups is 1. The molecule has 0 aliphatic heterocycles. The topological polar surface area (TPSA) is 46.9 Å². The molecule has 0 unspecified atom stereocenters. The number of hydrogen-bond donors (Lipinski definition) is 1. The van der Waals surface area contributed by atoms with Gasteiger partial charge in [-0.25, -0.2) is 9.07 Å². The van der Waals surface area contributed by atoms with E-state index in [9.17, 15) is 22.4 Å². The maximum absolute atomic E-state index is 13.1.